The second-order valence-electron chi connectivity index (χ2n) is 6.04. The minimum absolute atomic E-state index is 0.421. The molecule has 0 aliphatic carbocycles. The van der Waals surface area contributed by atoms with Gasteiger partial charge in [-0.1, -0.05) is 6.92 Å². The van der Waals surface area contributed by atoms with Gasteiger partial charge in [-0.3, -0.25) is 0 Å². The third-order valence-corrected chi connectivity index (χ3v) is 4.56. The maximum atomic E-state index is 13.4. The van der Waals surface area contributed by atoms with Gasteiger partial charge in [-0.15, -0.1) is 0 Å². The summed E-state index contributed by atoms with van der Waals surface area (Å²) in [4.78, 5) is 2.25. The lowest BCUT2D eigenvalue weighted by molar-refractivity contribution is 0.356. The van der Waals surface area contributed by atoms with Crippen LogP contribution in [0.3, 0.4) is 0 Å². The first-order valence-corrected chi connectivity index (χ1v) is 7.65. The predicted octanol–water partition coefficient (Wildman–Crippen LogP) is 3.46. The molecule has 0 radical (unpaired) electrons. The third kappa shape index (κ3) is 2.66. The Bertz CT molecular complexity index is 443. The Balaban J connectivity index is 1.76. The molecule has 110 valence electrons. The van der Waals surface area contributed by atoms with Crippen LogP contribution in [-0.4, -0.2) is 24.7 Å². The molecular formula is C16H22F2N2. The quantitative estimate of drug-likeness (QED) is 0.908. The van der Waals surface area contributed by atoms with E-state index >= 15 is 0 Å². The molecule has 1 N–H and O–H groups in total. The maximum Gasteiger partial charge on any atom is 0.128 e. The summed E-state index contributed by atoms with van der Waals surface area (Å²) in [7, 11) is 0. The summed E-state index contributed by atoms with van der Waals surface area (Å²) in [5.41, 5.74) is 0.712. The zero-order valence-corrected chi connectivity index (χ0v) is 11.9. The van der Waals surface area contributed by atoms with E-state index in [4.69, 9.17) is 0 Å². The van der Waals surface area contributed by atoms with E-state index in [1.807, 2.05) is 0 Å². The van der Waals surface area contributed by atoms with E-state index in [9.17, 15) is 8.78 Å². The first-order chi connectivity index (χ1) is 9.67. The van der Waals surface area contributed by atoms with Gasteiger partial charge in [0.2, 0.25) is 0 Å². The van der Waals surface area contributed by atoms with Gasteiger partial charge >= 0.3 is 0 Å². The fraction of sp³-hybridized carbons (Fsp3) is 0.625. The van der Waals surface area contributed by atoms with Gasteiger partial charge in [0.1, 0.15) is 11.6 Å². The Labute approximate surface area is 119 Å². The second-order valence-corrected chi connectivity index (χ2v) is 6.04. The molecule has 2 nitrogen and oxygen atoms in total. The van der Waals surface area contributed by atoms with Crippen molar-refractivity contribution in [2.45, 2.75) is 57.2 Å². The molecule has 1 aromatic rings. The SMILES string of the molecule is CCCNC1CC2CCC(C1)N2c1cc(F)cc(F)c1. The van der Waals surface area contributed by atoms with Crippen molar-refractivity contribution in [1.82, 2.24) is 5.32 Å². The summed E-state index contributed by atoms with van der Waals surface area (Å²) >= 11 is 0. The molecule has 20 heavy (non-hydrogen) atoms. The average molecular weight is 280 g/mol. The van der Waals surface area contributed by atoms with Crippen molar-refractivity contribution in [3.8, 4) is 0 Å². The number of nitrogens with one attached hydrogen (secondary N) is 1. The topological polar surface area (TPSA) is 15.3 Å². The Morgan fingerprint density at radius 3 is 2.25 bits per heavy atom. The van der Waals surface area contributed by atoms with Crippen LogP contribution in [0, 0.1) is 11.6 Å². The molecule has 3 rings (SSSR count). The fourth-order valence-corrected chi connectivity index (χ4v) is 3.80. The molecule has 1 aromatic carbocycles. The predicted molar refractivity (Wildman–Crippen MR) is 77.0 cm³/mol. The number of rotatable bonds is 4. The first kappa shape index (κ1) is 13.8. The molecule has 0 aromatic heterocycles. The normalized spacial score (nSPS) is 28.9. The summed E-state index contributed by atoms with van der Waals surface area (Å²) in [6, 6.07) is 5.28. The zero-order chi connectivity index (χ0) is 14.1. The number of nitrogens with zero attached hydrogens (tertiary/aromatic N) is 1. The van der Waals surface area contributed by atoms with Crippen LogP contribution in [-0.2, 0) is 0 Å². The number of benzene rings is 1. The van der Waals surface area contributed by atoms with Crippen LogP contribution < -0.4 is 10.2 Å². The number of anilines is 1. The minimum atomic E-state index is -0.481. The van der Waals surface area contributed by atoms with Gasteiger partial charge in [0, 0.05) is 29.9 Å². The summed E-state index contributed by atoms with van der Waals surface area (Å²) in [6.07, 6.45) is 5.56. The van der Waals surface area contributed by atoms with E-state index in [-0.39, 0.29) is 0 Å². The molecule has 0 spiro atoms. The molecule has 2 fully saturated rings. The molecule has 2 heterocycles. The van der Waals surface area contributed by atoms with Crippen molar-refractivity contribution in [1.29, 1.82) is 0 Å². The summed E-state index contributed by atoms with van der Waals surface area (Å²) in [6.45, 7) is 3.23. The number of halogens is 2. The smallest absolute Gasteiger partial charge is 0.128 e. The molecule has 0 saturated carbocycles. The van der Waals surface area contributed by atoms with Crippen LogP contribution in [0.1, 0.15) is 39.0 Å². The van der Waals surface area contributed by atoms with Gasteiger partial charge in [-0.2, -0.15) is 0 Å². The largest absolute Gasteiger partial charge is 0.365 e. The van der Waals surface area contributed by atoms with Gasteiger partial charge in [-0.25, -0.2) is 8.78 Å². The van der Waals surface area contributed by atoms with Gasteiger partial charge in [0.05, 0.1) is 0 Å². The first-order valence-electron chi connectivity index (χ1n) is 7.65. The van der Waals surface area contributed by atoms with E-state index in [1.165, 1.54) is 12.1 Å². The van der Waals surface area contributed by atoms with Gasteiger partial charge in [-0.05, 0) is 50.8 Å². The highest BCUT2D eigenvalue weighted by molar-refractivity contribution is 5.51. The van der Waals surface area contributed by atoms with Crippen LogP contribution in [0.5, 0.6) is 0 Å². The lowest BCUT2D eigenvalue weighted by Crippen LogP contribution is -2.49. The van der Waals surface area contributed by atoms with Crippen LogP contribution in [0.4, 0.5) is 14.5 Å². The Morgan fingerprint density at radius 1 is 1.10 bits per heavy atom. The molecule has 4 heteroatoms. The second kappa shape index (κ2) is 5.68. The molecule has 0 amide bonds. The van der Waals surface area contributed by atoms with Crippen molar-refractivity contribution < 1.29 is 8.78 Å². The standard InChI is InChI=1S/C16H22F2N2/c1-2-5-19-13-9-14-3-4-15(10-13)20(14)16-7-11(17)6-12(18)8-16/h6-8,13-15,19H,2-5,9-10H2,1H3. The highest BCUT2D eigenvalue weighted by Crippen LogP contribution is 2.39. The lowest BCUT2D eigenvalue weighted by Gasteiger charge is -2.41. The average Bonchev–Trinajstić information content (AvgIpc) is 2.67. The minimum Gasteiger partial charge on any atom is -0.365 e. The fourth-order valence-electron chi connectivity index (χ4n) is 3.80. The Morgan fingerprint density at radius 2 is 1.70 bits per heavy atom. The van der Waals surface area contributed by atoms with Crippen LogP contribution in [0.15, 0.2) is 18.2 Å². The Kier molecular flexibility index (Phi) is 3.92. The molecule has 2 bridgehead atoms. The van der Waals surface area contributed by atoms with Crippen LogP contribution >= 0.6 is 0 Å². The van der Waals surface area contributed by atoms with Crippen molar-refractivity contribution in [2.24, 2.45) is 0 Å². The van der Waals surface area contributed by atoms with Crippen LogP contribution in [0.25, 0.3) is 0 Å². The molecule has 2 atom stereocenters. The molecule has 2 saturated heterocycles. The van der Waals surface area contributed by atoms with E-state index < -0.39 is 11.6 Å². The van der Waals surface area contributed by atoms with E-state index in [0.717, 1.165) is 44.7 Å². The van der Waals surface area contributed by atoms with Crippen molar-refractivity contribution >= 4 is 5.69 Å². The lowest BCUT2D eigenvalue weighted by atomic mass is 9.96. The van der Waals surface area contributed by atoms with Crippen LogP contribution in [0.2, 0.25) is 0 Å². The highest BCUT2D eigenvalue weighted by atomic mass is 19.1. The number of hydrogen-bond acceptors (Lipinski definition) is 2. The third-order valence-electron chi connectivity index (χ3n) is 4.56. The highest BCUT2D eigenvalue weighted by Gasteiger charge is 2.40. The number of piperidine rings is 1. The summed E-state index contributed by atoms with van der Waals surface area (Å²) in [5, 5.41) is 3.59. The van der Waals surface area contributed by atoms with Crippen molar-refractivity contribution in [3.63, 3.8) is 0 Å². The maximum absolute atomic E-state index is 13.4. The van der Waals surface area contributed by atoms with Crippen molar-refractivity contribution in [2.75, 3.05) is 11.4 Å². The monoisotopic (exact) mass is 280 g/mol. The molecule has 2 unspecified atom stereocenters. The van der Waals surface area contributed by atoms with E-state index in [0.29, 0.717) is 23.8 Å². The van der Waals surface area contributed by atoms with Gasteiger partial charge in [0.25, 0.3) is 0 Å². The van der Waals surface area contributed by atoms with E-state index in [2.05, 4.69) is 17.1 Å². The van der Waals surface area contributed by atoms with E-state index in [1.54, 1.807) is 0 Å². The molecule has 2 aliphatic heterocycles. The Hall–Kier alpha value is -1.16. The molecular weight excluding hydrogens is 258 g/mol. The molecule has 2 aliphatic rings. The number of hydrogen-bond donors (Lipinski definition) is 1. The zero-order valence-electron chi connectivity index (χ0n) is 11.9. The number of fused-ring (bicyclic) bond motifs is 2. The van der Waals surface area contributed by atoms with Gasteiger partial charge in [0.15, 0.2) is 0 Å². The van der Waals surface area contributed by atoms with Crippen molar-refractivity contribution in [3.05, 3.63) is 29.8 Å². The summed E-state index contributed by atoms with van der Waals surface area (Å²) in [5.74, 6) is -0.962. The summed E-state index contributed by atoms with van der Waals surface area (Å²) < 4.78 is 26.8. The van der Waals surface area contributed by atoms with Gasteiger partial charge < -0.3 is 10.2 Å².